The highest BCUT2D eigenvalue weighted by molar-refractivity contribution is 7.17. The number of halogens is 1. The predicted molar refractivity (Wildman–Crippen MR) is 83.8 cm³/mol. The highest BCUT2D eigenvalue weighted by atomic mass is 35.5. The van der Waals surface area contributed by atoms with Crippen LogP contribution in [0.4, 0.5) is 11.8 Å². The van der Waals surface area contributed by atoms with Gasteiger partial charge in [-0.25, -0.2) is 9.97 Å². The summed E-state index contributed by atoms with van der Waals surface area (Å²) in [4.78, 5) is 28.8. The molecule has 0 radical (unpaired) electrons. The van der Waals surface area contributed by atoms with Crippen molar-refractivity contribution in [2.45, 2.75) is 6.54 Å². The second kappa shape index (κ2) is 5.30. The van der Waals surface area contributed by atoms with E-state index in [1.54, 1.807) is 18.0 Å². The Morgan fingerprint density at radius 1 is 1.43 bits per heavy atom. The predicted octanol–water partition coefficient (Wildman–Crippen LogP) is 1.65. The molecular formula is C12H11ClN6OS. The molecule has 0 fully saturated rings. The normalized spacial score (nSPS) is 11.0. The van der Waals surface area contributed by atoms with E-state index in [-0.39, 0.29) is 16.7 Å². The van der Waals surface area contributed by atoms with Crippen molar-refractivity contribution in [2.24, 2.45) is 0 Å². The van der Waals surface area contributed by atoms with Crippen molar-refractivity contribution in [3.8, 4) is 0 Å². The first-order valence-corrected chi connectivity index (χ1v) is 7.26. The molecular weight excluding hydrogens is 312 g/mol. The molecule has 0 amide bonds. The summed E-state index contributed by atoms with van der Waals surface area (Å²) >= 11 is 7.22. The molecule has 108 valence electrons. The maximum Gasteiger partial charge on any atom is 0.268 e. The number of aromatic amines is 1. The quantitative estimate of drug-likeness (QED) is 0.711. The number of rotatable bonds is 3. The van der Waals surface area contributed by atoms with Crippen molar-refractivity contribution in [1.29, 1.82) is 0 Å². The lowest BCUT2D eigenvalue weighted by atomic mass is 10.4. The molecule has 7 nitrogen and oxygen atoms in total. The molecule has 3 aromatic rings. The Labute approximate surface area is 128 Å². The molecule has 0 aliphatic carbocycles. The van der Waals surface area contributed by atoms with Gasteiger partial charge in [-0.2, -0.15) is 4.98 Å². The summed E-state index contributed by atoms with van der Waals surface area (Å²) in [7, 11) is 1.80. The van der Waals surface area contributed by atoms with Crippen LogP contribution < -0.4 is 16.2 Å². The molecule has 0 aromatic carbocycles. The van der Waals surface area contributed by atoms with Crippen LogP contribution in [-0.4, -0.2) is 27.0 Å². The molecule has 3 heterocycles. The van der Waals surface area contributed by atoms with Crippen LogP contribution in [-0.2, 0) is 6.54 Å². The summed E-state index contributed by atoms with van der Waals surface area (Å²) in [6.07, 6.45) is 0. The fraction of sp³-hybridized carbons (Fsp3) is 0.167. The Balaban J connectivity index is 1.92. The van der Waals surface area contributed by atoms with Gasteiger partial charge in [-0.05, 0) is 11.4 Å². The molecule has 0 unspecified atom stereocenters. The molecule has 3 aromatic heterocycles. The smallest absolute Gasteiger partial charge is 0.268 e. The minimum absolute atomic E-state index is 0.0964. The third-order valence-electron chi connectivity index (χ3n) is 2.84. The second-order valence-electron chi connectivity index (χ2n) is 4.41. The second-order valence-corrected chi connectivity index (χ2v) is 5.71. The zero-order valence-corrected chi connectivity index (χ0v) is 12.6. The van der Waals surface area contributed by atoms with Crippen LogP contribution >= 0.6 is 22.9 Å². The zero-order chi connectivity index (χ0) is 15.0. The number of aromatic nitrogens is 4. The summed E-state index contributed by atoms with van der Waals surface area (Å²) in [5.41, 5.74) is 6.12. The third-order valence-corrected chi connectivity index (χ3v) is 3.94. The van der Waals surface area contributed by atoms with E-state index in [9.17, 15) is 4.79 Å². The number of H-pyrrole nitrogens is 1. The first kappa shape index (κ1) is 13.8. The first-order valence-electron chi connectivity index (χ1n) is 6.00. The molecule has 0 bridgehead atoms. The van der Waals surface area contributed by atoms with Crippen molar-refractivity contribution >= 4 is 44.9 Å². The SMILES string of the molecule is CN(Cc1nc2ccsc2c(=O)[nH]1)c1cc(Cl)nc(N)n1. The molecule has 0 saturated carbocycles. The number of fused-ring (bicyclic) bond motifs is 1. The molecule has 0 aliphatic heterocycles. The Morgan fingerprint density at radius 3 is 3.00 bits per heavy atom. The molecule has 0 atom stereocenters. The monoisotopic (exact) mass is 322 g/mol. The summed E-state index contributed by atoms with van der Waals surface area (Å²) in [5, 5.41) is 2.10. The number of thiophene rings is 1. The van der Waals surface area contributed by atoms with Gasteiger partial charge < -0.3 is 15.6 Å². The van der Waals surface area contributed by atoms with Gasteiger partial charge in [0.1, 0.15) is 21.5 Å². The van der Waals surface area contributed by atoms with Gasteiger partial charge in [-0.1, -0.05) is 11.6 Å². The molecule has 3 N–H and O–H groups in total. The lowest BCUT2D eigenvalue weighted by Crippen LogP contribution is -2.22. The molecule has 21 heavy (non-hydrogen) atoms. The number of anilines is 2. The van der Waals surface area contributed by atoms with Crippen molar-refractivity contribution in [1.82, 2.24) is 19.9 Å². The summed E-state index contributed by atoms with van der Waals surface area (Å²) in [6.45, 7) is 0.369. The molecule has 3 rings (SSSR count). The minimum atomic E-state index is -0.140. The van der Waals surface area contributed by atoms with Gasteiger partial charge >= 0.3 is 0 Å². The number of nitrogens with zero attached hydrogens (tertiary/aromatic N) is 4. The Bertz CT molecular complexity index is 840. The van der Waals surface area contributed by atoms with Gasteiger partial charge in [0.2, 0.25) is 5.95 Å². The van der Waals surface area contributed by atoms with Gasteiger partial charge in [0, 0.05) is 13.1 Å². The maximum absolute atomic E-state index is 11.9. The average molecular weight is 323 g/mol. The third kappa shape index (κ3) is 2.81. The van der Waals surface area contributed by atoms with Crippen LogP contribution in [0.25, 0.3) is 10.2 Å². The van der Waals surface area contributed by atoms with Crippen LogP contribution in [0, 0.1) is 0 Å². The van der Waals surface area contributed by atoms with Crippen LogP contribution in [0.2, 0.25) is 5.15 Å². The summed E-state index contributed by atoms with van der Waals surface area (Å²) < 4.78 is 0.621. The summed E-state index contributed by atoms with van der Waals surface area (Å²) in [6, 6.07) is 3.41. The van der Waals surface area contributed by atoms with Gasteiger partial charge in [-0.3, -0.25) is 4.79 Å². The van der Waals surface area contributed by atoms with E-state index in [1.165, 1.54) is 11.3 Å². The lowest BCUT2D eigenvalue weighted by Gasteiger charge is -2.17. The average Bonchev–Trinajstić information content (AvgIpc) is 2.86. The van der Waals surface area contributed by atoms with E-state index in [0.717, 1.165) is 0 Å². The van der Waals surface area contributed by atoms with E-state index >= 15 is 0 Å². The Hall–Kier alpha value is -2.19. The van der Waals surface area contributed by atoms with Gasteiger partial charge in [0.05, 0.1) is 12.1 Å². The number of hydrogen-bond donors (Lipinski definition) is 2. The highest BCUT2D eigenvalue weighted by Gasteiger charge is 2.10. The van der Waals surface area contributed by atoms with E-state index < -0.39 is 0 Å². The fourth-order valence-corrected chi connectivity index (χ4v) is 2.83. The highest BCUT2D eigenvalue weighted by Crippen LogP contribution is 2.18. The van der Waals surface area contributed by atoms with Crippen molar-refractivity contribution in [3.05, 3.63) is 38.8 Å². The number of nitrogens with one attached hydrogen (secondary N) is 1. The van der Waals surface area contributed by atoms with Crippen molar-refractivity contribution in [3.63, 3.8) is 0 Å². The van der Waals surface area contributed by atoms with Gasteiger partial charge in [0.25, 0.3) is 5.56 Å². The number of nitrogen functional groups attached to an aromatic ring is 1. The van der Waals surface area contributed by atoms with Gasteiger partial charge in [-0.15, -0.1) is 11.3 Å². The molecule has 9 heteroatoms. The van der Waals surface area contributed by atoms with Gasteiger partial charge in [0.15, 0.2) is 0 Å². The number of hydrogen-bond acceptors (Lipinski definition) is 7. The fourth-order valence-electron chi connectivity index (χ4n) is 1.92. The minimum Gasteiger partial charge on any atom is -0.368 e. The zero-order valence-electron chi connectivity index (χ0n) is 11.0. The lowest BCUT2D eigenvalue weighted by molar-refractivity contribution is 0.825. The Morgan fingerprint density at radius 2 is 2.24 bits per heavy atom. The topological polar surface area (TPSA) is 101 Å². The van der Waals surface area contributed by atoms with Crippen molar-refractivity contribution in [2.75, 3.05) is 17.7 Å². The van der Waals surface area contributed by atoms with E-state index in [0.29, 0.717) is 28.4 Å². The molecule has 0 saturated heterocycles. The van der Waals surface area contributed by atoms with E-state index in [1.807, 2.05) is 11.4 Å². The largest absolute Gasteiger partial charge is 0.368 e. The maximum atomic E-state index is 11.9. The van der Waals surface area contributed by atoms with Crippen LogP contribution in [0.15, 0.2) is 22.3 Å². The van der Waals surface area contributed by atoms with Crippen LogP contribution in [0.1, 0.15) is 5.82 Å². The standard InChI is InChI=1S/C12H11ClN6OS/c1-19(9-4-7(13)16-12(14)18-9)5-8-15-6-2-3-21-10(6)11(20)17-8/h2-4H,5H2,1H3,(H2,14,16,18)(H,15,17,20). The van der Waals surface area contributed by atoms with E-state index in [2.05, 4.69) is 19.9 Å². The van der Waals surface area contributed by atoms with Crippen molar-refractivity contribution < 1.29 is 0 Å². The first-order chi connectivity index (χ1) is 10.0. The van der Waals surface area contributed by atoms with Crippen LogP contribution in [0.5, 0.6) is 0 Å². The van der Waals surface area contributed by atoms with Crippen LogP contribution in [0.3, 0.4) is 0 Å². The van der Waals surface area contributed by atoms with E-state index in [4.69, 9.17) is 17.3 Å². The molecule has 0 aliphatic rings. The Kier molecular flexibility index (Phi) is 3.48. The molecule has 0 spiro atoms. The summed E-state index contributed by atoms with van der Waals surface area (Å²) in [5.74, 6) is 1.20. The number of nitrogens with two attached hydrogens (primary N) is 1.